The summed E-state index contributed by atoms with van der Waals surface area (Å²) in [6, 6.07) is 1.11. The Morgan fingerprint density at radius 3 is 2.54 bits per heavy atom. The quantitative estimate of drug-likeness (QED) is 0.546. The van der Waals surface area contributed by atoms with E-state index >= 15 is 0 Å². The highest BCUT2D eigenvalue weighted by Crippen LogP contribution is 2.30. The van der Waals surface area contributed by atoms with Crippen molar-refractivity contribution in [1.82, 2.24) is 0 Å². The second-order valence-corrected chi connectivity index (χ2v) is 3.64. The first-order valence-electron chi connectivity index (χ1n) is 4.25. The molecule has 1 unspecified atom stereocenters. The molecule has 0 spiro atoms. The maximum atomic E-state index is 13.1. The number of rotatable bonds is 0. The van der Waals surface area contributed by atoms with Crippen LogP contribution in [0, 0.1) is 23.4 Å². The average molecular weight is 186 g/mol. The zero-order valence-electron chi connectivity index (χ0n) is 7.20. The van der Waals surface area contributed by atoms with Crippen LogP contribution in [-0.2, 0) is 12.8 Å². The normalized spacial score (nSPS) is 20.5. The number of hydrogen-bond acceptors (Lipinski definition) is 0. The van der Waals surface area contributed by atoms with E-state index in [1.165, 1.54) is 0 Å². The summed E-state index contributed by atoms with van der Waals surface area (Å²) >= 11 is 0. The maximum absolute atomic E-state index is 13.1. The average Bonchev–Trinajstić information content (AvgIpc) is 2.42. The van der Waals surface area contributed by atoms with Crippen LogP contribution in [0.3, 0.4) is 0 Å². The molecule has 1 aliphatic rings. The highest BCUT2D eigenvalue weighted by molar-refractivity contribution is 5.34. The van der Waals surface area contributed by atoms with Crippen molar-refractivity contribution in [3.63, 3.8) is 0 Å². The van der Waals surface area contributed by atoms with Crippen LogP contribution in [0.15, 0.2) is 6.07 Å². The van der Waals surface area contributed by atoms with Crippen molar-refractivity contribution in [2.24, 2.45) is 5.92 Å². The van der Waals surface area contributed by atoms with Crippen molar-refractivity contribution in [3.05, 3.63) is 34.6 Å². The van der Waals surface area contributed by atoms with Crippen LogP contribution in [0.4, 0.5) is 13.2 Å². The van der Waals surface area contributed by atoms with Gasteiger partial charge in [-0.2, -0.15) is 0 Å². The fraction of sp³-hybridized carbons (Fsp3) is 0.400. The molecule has 0 aliphatic heterocycles. The number of halogens is 3. The monoisotopic (exact) mass is 186 g/mol. The second kappa shape index (κ2) is 2.76. The maximum Gasteiger partial charge on any atom is 0.194 e. The van der Waals surface area contributed by atoms with Crippen LogP contribution in [-0.4, -0.2) is 0 Å². The van der Waals surface area contributed by atoms with Crippen LogP contribution in [0.2, 0.25) is 0 Å². The standard InChI is InChI=1S/C10H9F3/c1-5-2-6-4-8(11)10(13)9(12)7(6)3-5/h4-5H,2-3H2,1H3. The van der Waals surface area contributed by atoms with Crippen molar-refractivity contribution in [2.75, 3.05) is 0 Å². The summed E-state index contributed by atoms with van der Waals surface area (Å²) in [6.07, 6.45) is 1.15. The van der Waals surface area contributed by atoms with E-state index in [0.717, 1.165) is 6.07 Å². The SMILES string of the molecule is CC1Cc2cc(F)c(F)c(F)c2C1. The molecule has 0 fully saturated rings. The van der Waals surface area contributed by atoms with Crippen LogP contribution in [0.25, 0.3) is 0 Å². The molecule has 1 aromatic rings. The number of fused-ring (bicyclic) bond motifs is 1. The minimum atomic E-state index is -1.34. The van der Waals surface area contributed by atoms with E-state index in [1.807, 2.05) is 6.92 Å². The first-order chi connectivity index (χ1) is 6.09. The molecule has 0 saturated carbocycles. The summed E-state index contributed by atoms with van der Waals surface area (Å²) < 4.78 is 38.6. The van der Waals surface area contributed by atoms with Gasteiger partial charge in [0, 0.05) is 0 Å². The minimum absolute atomic E-state index is 0.283. The molecular weight excluding hydrogens is 177 g/mol. The van der Waals surface area contributed by atoms with Crippen molar-refractivity contribution in [1.29, 1.82) is 0 Å². The van der Waals surface area contributed by atoms with E-state index in [0.29, 0.717) is 24.0 Å². The molecule has 0 bridgehead atoms. The lowest BCUT2D eigenvalue weighted by atomic mass is 10.1. The van der Waals surface area contributed by atoms with Gasteiger partial charge in [-0.3, -0.25) is 0 Å². The van der Waals surface area contributed by atoms with Crippen LogP contribution >= 0.6 is 0 Å². The highest BCUT2D eigenvalue weighted by atomic mass is 19.2. The van der Waals surface area contributed by atoms with Crippen LogP contribution < -0.4 is 0 Å². The Kier molecular flexibility index (Phi) is 1.82. The van der Waals surface area contributed by atoms with E-state index in [4.69, 9.17) is 0 Å². The van der Waals surface area contributed by atoms with E-state index in [9.17, 15) is 13.2 Å². The van der Waals surface area contributed by atoms with Gasteiger partial charge in [0.05, 0.1) is 0 Å². The van der Waals surface area contributed by atoms with E-state index in [1.54, 1.807) is 0 Å². The van der Waals surface area contributed by atoms with Gasteiger partial charge in [-0.1, -0.05) is 6.92 Å². The van der Waals surface area contributed by atoms with Crippen molar-refractivity contribution in [3.8, 4) is 0 Å². The van der Waals surface area contributed by atoms with Crippen molar-refractivity contribution >= 4 is 0 Å². The molecular formula is C10H9F3. The van der Waals surface area contributed by atoms with Gasteiger partial charge < -0.3 is 0 Å². The van der Waals surface area contributed by atoms with Gasteiger partial charge >= 0.3 is 0 Å². The summed E-state index contributed by atoms with van der Waals surface area (Å²) in [5, 5.41) is 0. The van der Waals surface area contributed by atoms with Gasteiger partial charge in [-0.15, -0.1) is 0 Å². The first kappa shape index (κ1) is 8.60. The molecule has 1 aliphatic carbocycles. The Morgan fingerprint density at radius 1 is 1.15 bits per heavy atom. The fourth-order valence-corrected chi connectivity index (χ4v) is 1.88. The predicted molar refractivity (Wildman–Crippen MR) is 42.9 cm³/mol. The van der Waals surface area contributed by atoms with Crippen LogP contribution in [0.5, 0.6) is 0 Å². The molecule has 0 radical (unpaired) electrons. The molecule has 1 atom stereocenters. The van der Waals surface area contributed by atoms with Crippen LogP contribution in [0.1, 0.15) is 18.1 Å². The molecule has 0 N–H and O–H groups in total. The third kappa shape index (κ3) is 1.23. The van der Waals surface area contributed by atoms with E-state index in [2.05, 4.69) is 0 Å². The molecule has 0 aromatic heterocycles. The van der Waals surface area contributed by atoms with Gasteiger partial charge in [0.15, 0.2) is 17.5 Å². The first-order valence-corrected chi connectivity index (χ1v) is 4.25. The number of hydrogen-bond donors (Lipinski definition) is 0. The number of benzene rings is 1. The van der Waals surface area contributed by atoms with E-state index < -0.39 is 17.5 Å². The molecule has 70 valence electrons. The largest absolute Gasteiger partial charge is 0.204 e. The second-order valence-electron chi connectivity index (χ2n) is 3.64. The Hall–Kier alpha value is -0.990. The van der Waals surface area contributed by atoms with Gasteiger partial charge in [0.1, 0.15) is 0 Å². The lowest BCUT2D eigenvalue weighted by Gasteiger charge is -2.02. The topological polar surface area (TPSA) is 0 Å². The Balaban J connectivity index is 2.60. The summed E-state index contributed by atoms with van der Waals surface area (Å²) in [5.41, 5.74) is 0.968. The zero-order chi connectivity index (χ0) is 9.59. The smallest absolute Gasteiger partial charge is 0.194 e. The summed E-state index contributed by atoms with van der Waals surface area (Å²) in [7, 11) is 0. The fourth-order valence-electron chi connectivity index (χ4n) is 1.88. The molecule has 0 nitrogen and oxygen atoms in total. The summed E-state index contributed by atoms with van der Waals surface area (Å²) in [5.74, 6) is -3.14. The Bertz CT molecular complexity index is 358. The molecule has 2 rings (SSSR count). The lowest BCUT2D eigenvalue weighted by Crippen LogP contribution is -1.97. The summed E-state index contributed by atoms with van der Waals surface area (Å²) in [4.78, 5) is 0. The van der Waals surface area contributed by atoms with Gasteiger partial charge in [-0.25, -0.2) is 13.2 Å². The van der Waals surface area contributed by atoms with Gasteiger partial charge in [0.2, 0.25) is 0 Å². The summed E-state index contributed by atoms with van der Waals surface area (Å²) in [6.45, 7) is 1.94. The zero-order valence-corrected chi connectivity index (χ0v) is 7.20. The Morgan fingerprint density at radius 2 is 1.85 bits per heavy atom. The Labute approximate surface area is 74.4 Å². The molecule has 0 amide bonds. The molecule has 3 heteroatoms. The van der Waals surface area contributed by atoms with E-state index in [-0.39, 0.29) is 5.92 Å². The molecule has 0 saturated heterocycles. The van der Waals surface area contributed by atoms with Crippen molar-refractivity contribution in [2.45, 2.75) is 19.8 Å². The van der Waals surface area contributed by atoms with Crippen molar-refractivity contribution < 1.29 is 13.2 Å². The molecule has 13 heavy (non-hydrogen) atoms. The minimum Gasteiger partial charge on any atom is -0.204 e. The third-order valence-corrected chi connectivity index (χ3v) is 2.48. The van der Waals surface area contributed by atoms with Gasteiger partial charge in [-0.05, 0) is 36.0 Å². The third-order valence-electron chi connectivity index (χ3n) is 2.48. The van der Waals surface area contributed by atoms with Gasteiger partial charge in [0.25, 0.3) is 0 Å². The molecule has 1 aromatic carbocycles. The highest BCUT2D eigenvalue weighted by Gasteiger charge is 2.25. The lowest BCUT2D eigenvalue weighted by molar-refractivity contribution is 0.441. The molecule has 0 heterocycles. The predicted octanol–water partition coefficient (Wildman–Crippen LogP) is 2.84.